The Morgan fingerprint density at radius 3 is 1.34 bits per heavy atom. The van der Waals surface area contributed by atoms with E-state index in [1.54, 1.807) is 0 Å². The summed E-state index contributed by atoms with van der Waals surface area (Å²) >= 11 is 0. The smallest absolute Gasteiger partial charge is 0.162 e. The van der Waals surface area contributed by atoms with E-state index in [2.05, 4.69) is 50.5 Å². The summed E-state index contributed by atoms with van der Waals surface area (Å²) in [7, 11) is 2.77. The van der Waals surface area contributed by atoms with E-state index >= 15 is 0 Å². The number of benzene rings is 2. The summed E-state index contributed by atoms with van der Waals surface area (Å²) < 4.78 is 0. The summed E-state index contributed by atoms with van der Waals surface area (Å²) in [6.45, 7) is 8.38. The standard InChI is InChI=1S/C36H34N4O2S2/c1-35(2)15-25-31(27(41)17-35)29(21-11-7-5-8-12-21)23(19-37)33(39-25)43-44-34-24(20-38)30(22-13-9-6-10-14-22)32-26(40-34)16-36(3,4)18-28(32)42/h5-14,29-30,39-40H,15-18H2,1-4H3/t29-,30-/m1/s1. The van der Waals surface area contributed by atoms with Crippen LogP contribution in [0.1, 0.15) is 76.3 Å². The van der Waals surface area contributed by atoms with Gasteiger partial charge in [0.1, 0.15) is 0 Å². The molecule has 0 spiro atoms. The van der Waals surface area contributed by atoms with Gasteiger partial charge in [0.25, 0.3) is 0 Å². The first kappa shape index (κ1) is 30.1. The van der Waals surface area contributed by atoms with Crippen molar-refractivity contribution in [1.82, 2.24) is 10.6 Å². The van der Waals surface area contributed by atoms with Crippen molar-refractivity contribution in [2.75, 3.05) is 0 Å². The van der Waals surface area contributed by atoms with Crippen LogP contribution < -0.4 is 10.6 Å². The predicted molar refractivity (Wildman–Crippen MR) is 175 cm³/mol. The van der Waals surface area contributed by atoms with E-state index in [1.807, 2.05) is 60.7 Å². The predicted octanol–water partition coefficient (Wildman–Crippen LogP) is 7.90. The molecule has 2 heterocycles. The van der Waals surface area contributed by atoms with Gasteiger partial charge in [0.15, 0.2) is 11.6 Å². The molecule has 0 unspecified atom stereocenters. The van der Waals surface area contributed by atoms with Crippen molar-refractivity contribution in [1.29, 1.82) is 10.5 Å². The highest BCUT2D eigenvalue weighted by atomic mass is 33.1. The lowest BCUT2D eigenvalue weighted by molar-refractivity contribution is -0.119. The van der Waals surface area contributed by atoms with Crippen molar-refractivity contribution in [3.63, 3.8) is 0 Å². The summed E-state index contributed by atoms with van der Waals surface area (Å²) in [5.41, 5.74) is 5.46. The molecule has 0 saturated heterocycles. The minimum Gasteiger partial charge on any atom is -0.352 e. The Morgan fingerprint density at radius 2 is 1.00 bits per heavy atom. The molecule has 0 fully saturated rings. The first-order chi connectivity index (χ1) is 21.0. The maximum absolute atomic E-state index is 13.5. The van der Waals surface area contributed by atoms with E-state index in [0.29, 0.717) is 58.0 Å². The van der Waals surface area contributed by atoms with Crippen LogP contribution in [0.3, 0.4) is 0 Å². The number of ketones is 2. The number of Topliss-reactive ketones (excluding diaryl/α,β-unsaturated/α-hetero) is 2. The second-order valence-corrected chi connectivity index (χ2v) is 15.6. The fourth-order valence-corrected chi connectivity index (χ4v) is 9.22. The summed E-state index contributed by atoms with van der Waals surface area (Å²) in [5, 5.41) is 29.3. The first-order valence-corrected chi connectivity index (χ1v) is 17.0. The van der Waals surface area contributed by atoms with Gasteiger partial charge in [0.05, 0.1) is 45.2 Å². The van der Waals surface area contributed by atoms with Crippen molar-refractivity contribution >= 4 is 33.2 Å². The number of hydrogen-bond acceptors (Lipinski definition) is 8. The summed E-state index contributed by atoms with van der Waals surface area (Å²) in [5.74, 6) is -0.785. The molecular formula is C36H34N4O2S2. The average Bonchev–Trinajstić information content (AvgIpc) is 2.98. The molecule has 222 valence electrons. The molecule has 2 atom stereocenters. The zero-order valence-corrected chi connectivity index (χ0v) is 26.9. The molecule has 0 bridgehead atoms. The van der Waals surface area contributed by atoms with Gasteiger partial charge in [-0.2, -0.15) is 10.5 Å². The second kappa shape index (κ2) is 11.5. The van der Waals surface area contributed by atoms with Crippen LogP contribution in [0.5, 0.6) is 0 Å². The summed E-state index contributed by atoms with van der Waals surface area (Å²) in [6, 6.07) is 24.3. The first-order valence-electron chi connectivity index (χ1n) is 14.8. The number of nitrogens with zero attached hydrogens (tertiary/aromatic N) is 2. The van der Waals surface area contributed by atoms with E-state index in [0.717, 1.165) is 22.5 Å². The van der Waals surface area contributed by atoms with Gasteiger partial charge in [-0.15, -0.1) is 0 Å². The van der Waals surface area contributed by atoms with Gasteiger partial charge in [-0.05, 0) is 56.4 Å². The summed E-state index contributed by atoms with van der Waals surface area (Å²) in [6.07, 6.45) is 2.25. The molecule has 0 radical (unpaired) electrons. The molecule has 2 aliphatic heterocycles. The Hall–Kier alpha value is -3.98. The van der Waals surface area contributed by atoms with Gasteiger partial charge in [0, 0.05) is 35.4 Å². The highest BCUT2D eigenvalue weighted by molar-refractivity contribution is 8.79. The molecule has 6 nitrogen and oxygen atoms in total. The van der Waals surface area contributed by atoms with Crippen molar-refractivity contribution in [2.45, 2.75) is 65.2 Å². The highest BCUT2D eigenvalue weighted by Gasteiger charge is 2.44. The quantitative estimate of drug-likeness (QED) is 0.326. The number of hydrogen-bond donors (Lipinski definition) is 2. The number of allylic oxidation sites excluding steroid dienone is 6. The molecule has 44 heavy (non-hydrogen) atoms. The third-order valence-electron chi connectivity index (χ3n) is 8.73. The van der Waals surface area contributed by atoms with Crippen LogP contribution in [0.4, 0.5) is 0 Å². The normalized spacial score (nSPS) is 24.1. The molecule has 4 aliphatic rings. The van der Waals surface area contributed by atoms with Gasteiger partial charge in [-0.3, -0.25) is 9.59 Å². The van der Waals surface area contributed by atoms with E-state index in [1.165, 1.54) is 21.6 Å². The Kier molecular flexibility index (Phi) is 7.86. The number of nitrogens with one attached hydrogen (secondary N) is 2. The lowest BCUT2D eigenvalue weighted by Crippen LogP contribution is -2.37. The average molecular weight is 619 g/mol. The molecule has 0 saturated carbocycles. The van der Waals surface area contributed by atoms with Gasteiger partial charge in [-0.1, -0.05) is 88.4 Å². The van der Waals surface area contributed by atoms with Gasteiger partial charge < -0.3 is 10.6 Å². The van der Waals surface area contributed by atoms with E-state index in [9.17, 15) is 20.1 Å². The molecule has 0 aromatic heterocycles. The van der Waals surface area contributed by atoms with Crippen LogP contribution >= 0.6 is 21.6 Å². The van der Waals surface area contributed by atoms with Crippen LogP contribution in [0.25, 0.3) is 0 Å². The van der Waals surface area contributed by atoms with Crippen molar-refractivity contribution in [3.05, 3.63) is 116 Å². The zero-order chi connectivity index (χ0) is 31.2. The van der Waals surface area contributed by atoms with Gasteiger partial charge in [0.2, 0.25) is 0 Å². The highest BCUT2D eigenvalue weighted by Crippen LogP contribution is 2.53. The molecule has 2 aromatic rings. The van der Waals surface area contributed by atoms with E-state index in [-0.39, 0.29) is 22.4 Å². The number of rotatable bonds is 5. The van der Waals surface area contributed by atoms with Crippen LogP contribution in [-0.2, 0) is 9.59 Å². The lowest BCUT2D eigenvalue weighted by Gasteiger charge is -2.40. The van der Waals surface area contributed by atoms with Crippen LogP contribution in [0, 0.1) is 33.5 Å². The SMILES string of the molecule is CC1(C)CC(=O)C2=C(C1)NC(SSC1=C(C#N)[C@@H](c3ccccc3)C3=C(CC(C)(C)CC3=O)N1)=C(C#N)[C@H]2c1ccccc1. The van der Waals surface area contributed by atoms with Gasteiger partial charge in [-0.25, -0.2) is 0 Å². The zero-order valence-electron chi connectivity index (χ0n) is 25.3. The number of carbonyl (C=O) groups excluding carboxylic acids is 2. The van der Waals surface area contributed by atoms with Crippen molar-refractivity contribution in [3.8, 4) is 12.1 Å². The minimum absolute atomic E-state index is 0.0697. The fourth-order valence-electron chi connectivity index (χ4n) is 6.93. The number of nitriles is 2. The topological polar surface area (TPSA) is 106 Å². The molecule has 2 N–H and O–H groups in total. The second-order valence-electron chi connectivity index (χ2n) is 13.5. The Morgan fingerprint density at radius 1 is 0.636 bits per heavy atom. The Labute approximate surface area is 266 Å². The molecular weight excluding hydrogens is 585 g/mol. The molecule has 8 heteroatoms. The maximum Gasteiger partial charge on any atom is 0.162 e. The fraction of sp³-hybridized carbons (Fsp3) is 0.333. The lowest BCUT2D eigenvalue weighted by atomic mass is 9.69. The molecule has 6 rings (SSSR count). The number of dihydropyridines is 2. The monoisotopic (exact) mass is 618 g/mol. The van der Waals surface area contributed by atoms with E-state index < -0.39 is 11.8 Å². The molecule has 0 amide bonds. The maximum atomic E-state index is 13.5. The summed E-state index contributed by atoms with van der Waals surface area (Å²) in [4.78, 5) is 27.1. The Balaban J connectivity index is 1.41. The largest absolute Gasteiger partial charge is 0.352 e. The Bertz CT molecular complexity index is 1640. The third-order valence-corrected chi connectivity index (χ3v) is 11.0. The van der Waals surface area contributed by atoms with Gasteiger partial charge >= 0.3 is 0 Å². The van der Waals surface area contributed by atoms with Crippen molar-refractivity contribution in [2.24, 2.45) is 10.8 Å². The number of carbonyl (C=O) groups is 2. The third kappa shape index (κ3) is 5.54. The van der Waals surface area contributed by atoms with Crippen LogP contribution in [-0.4, -0.2) is 11.6 Å². The van der Waals surface area contributed by atoms with Crippen LogP contribution in [0.2, 0.25) is 0 Å². The van der Waals surface area contributed by atoms with Crippen LogP contribution in [0.15, 0.2) is 104 Å². The molecule has 2 aliphatic carbocycles. The van der Waals surface area contributed by atoms with Crippen molar-refractivity contribution < 1.29 is 9.59 Å². The minimum atomic E-state index is -0.462. The molecule has 2 aromatic carbocycles. The van der Waals surface area contributed by atoms with E-state index in [4.69, 9.17) is 0 Å².